The second-order valence-electron chi connectivity index (χ2n) is 5.24. The van der Waals surface area contributed by atoms with E-state index in [2.05, 4.69) is 27.7 Å². The van der Waals surface area contributed by atoms with Gasteiger partial charge in [-0.3, -0.25) is 4.79 Å². The molecule has 1 rings (SSSR count). The summed E-state index contributed by atoms with van der Waals surface area (Å²) in [5, 5.41) is 0. The van der Waals surface area contributed by atoms with Gasteiger partial charge in [-0.15, -0.1) is 0 Å². The fraction of sp³-hybridized carbons (Fsp3) is 0.933. The monoisotopic (exact) mass is 244 g/mol. The zero-order chi connectivity index (χ0) is 14.1. The maximum Gasteiger partial charge on any atom is 0.306 e. The van der Waals surface area contributed by atoms with Crippen LogP contribution in [-0.2, 0) is 9.53 Å². The maximum atomic E-state index is 11.3. The van der Waals surface area contributed by atoms with Crippen LogP contribution in [0.3, 0.4) is 0 Å². The van der Waals surface area contributed by atoms with E-state index < -0.39 is 0 Å². The van der Waals surface area contributed by atoms with E-state index in [0.717, 1.165) is 6.42 Å². The summed E-state index contributed by atoms with van der Waals surface area (Å²) in [4.78, 5) is 11.3. The van der Waals surface area contributed by atoms with E-state index in [0.29, 0.717) is 24.9 Å². The standard InChI is InChI=1S/C11H20O2.2C2H6/c1-8(2)9-5-10(12)13-7-11(3,4)6-9;2*1-2/h8-9H,5-7H2,1-4H3;2*1-2H3. The minimum absolute atomic E-state index is 0.0238. The van der Waals surface area contributed by atoms with Gasteiger partial charge in [0.2, 0.25) is 0 Å². The van der Waals surface area contributed by atoms with Crippen molar-refractivity contribution in [3.05, 3.63) is 0 Å². The van der Waals surface area contributed by atoms with Crippen LogP contribution in [0.2, 0.25) is 0 Å². The number of carbonyl (C=O) groups excluding carboxylic acids is 1. The molecule has 0 aliphatic carbocycles. The first-order valence-electron chi connectivity index (χ1n) is 7.06. The molecule has 0 N–H and O–H groups in total. The molecule has 17 heavy (non-hydrogen) atoms. The molecule has 1 saturated heterocycles. The Morgan fingerprint density at radius 2 is 1.65 bits per heavy atom. The number of rotatable bonds is 1. The number of esters is 1. The van der Waals surface area contributed by atoms with Gasteiger partial charge in [0.25, 0.3) is 0 Å². The number of ether oxygens (including phenoxy) is 1. The smallest absolute Gasteiger partial charge is 0.306 e. The molecule has 0 aromatic heterocycles. The van der Waals surface area contributed by atoms with Crippen LogP contribution < -0.4 is 0 Å². The molecular weight excluding hydrogens is 212 g/mol. The Hall–Kier alpha value is -0.530. The lowest BCUT2D eigenvalue weighted by Gasteiger charge is -2.26. The molecule has 0 saturated carbocycles. The van der Waals surface area contributed by atoms with Crippen molar-refractivity contribution in [2.45, 2.75) is 68.2 Å². The second kappa shape index (κ2) is 9.49. The second-order valence-corrected chi connectivity index (χ2v) is 5.24. The normalized spacial score (nSPS) is 22.4. The van der Waals surface area contributed by atoms with Gasteiger partial charge in [-0.1, -0.05) is 55.4 Å². The van der Waals surface area contributed by atoms with Crippen LogP contribution >= 0.6 is 0 Å². The van der Waals surface area contributed by atoms with Crippen molar-refractivity contribution in [2.24, 2.45) is 17.3 Å². The van der Waals surface area contributed by atoms with E-state index in [1.165, 1.54) is 0 Å². The quantitative estimate of drug-likeness (QED) is 0.626. The third-order valence-electron chi connectivity index (χ3n) is 2.81. The van der Waals surface area contributed by atoms with Crippen molar-refractivity contribution in [1.82, 2.24) is 0 Å². The zero-order valence-electron chi connectivity index (χ0n) is 13.1. The highest BCUT2D eigenvalue weighted by Gasteiger charge is 2.31. The summed E-state index contributed by atoms with van der Waals surface area (Å²) in [6.45, 7) is 17.3. The highest BCUT2D eigenvalue weighted by Crippen LogP contribution is 2.34. The molecule has 1 fully saturated rings. The molecule has 0 aromatic rings. The summed E-state index contributed by atoms with van der Waals surface area (Å²) in [7, 11) is 0. The molecular formula is C15H32O2. The van der Waals surface area contributed by atoms with Gasteiger partial charge >= 0.3 is 5.97 Å². The Bertz CT molecular complexity index is 195. The van der Waals surface area contributed by atoms with Crippen LogP contribution in [0, 0.1) is 17.3 Å². The summed E-state index contributed by atoms with van der Waals surface area (Å²) < 4.78 is 5.16. The van der Waals surface area contributed by atoms with Crippen molar-refractivity contribution in [1.29, 1.82) is 0 Å². The molecule has 0 aromatic carbocycles. The van der Waals surface area contributed by atoms with E-state index in [-0.39, 0.29) is 11.4 Å². The minimum atomic E-state index is -0.0238. The van der Waals surface area contributed by atoms with E-state index >= 15 is 0 Å². The van der Waals surface area contributed by atoms with Gasteiger partial charge in [0.1, 0.15) is 0 Å². The Morgan fingerprint density at radius 3 is 2.06 bits per heavy atom. The lowest BCUT2D eigenvalue weighted by atomic mass is 9.78. The predicted molar refractivity (Wildman–Crippen MR) is 75.0 cm³/mol. The van der Waals surface area contributed by atoms with Crippen LogP contribution in [0.5, 0.6) is 0 Å². The average Bonchev–Trinajstić information content (AvgIpc) is 2.44. The highest BCUT2D eigenvalue weighted by molar-refractivity contribution is 5.70. The maximum absolute atomic E-state index is 11.3. The summed E-state index contributed by atoms with van der Waals surface area (Å²) in [5.74, 6) is 1.04. The van der Waals surface area contributed by atoms with Crippen LogP contribution in [0.4, 0.5) is 0 Å². The molecule has 2 nitrogen and oxygen atoms in total. The summed E-state index contributed by atoms with van der Waals surface area (Å²) >= 11 is 0. The number of hydrogen-bond donors (Lipinski definition) is 0. The van der Waals surface area contributed by atoms with Gasteiger partial charge < -0.3 is 4.74 Å². The summed E-state index contributed by atoms with van der Waals surface area (Å²) in [6.07, 6.45) is 1.69. The minimum Gasteiger partial charge on any atom is -0.465 e. The van der Waals surface area contributed by atoms with E-state index in [1.54, 1.807) is 0 Å². The molecule has 2 heteroatoms. The summed E-state index contributed by atoms with van der Waals surface area (Å²) in [6, 6.07) is 0. The fourth-order valence-corrected chi connectivity index (χ4v) is 1.86. The molecule has 0 amide bonds. The van der Waals surface area contributed by atoms with Crippen molar-refractivity contribution in [3.63, 3.8) is 0 Å². The van der Waals surface area contributed by atoms with Gasteiger partial charge in [0.15, 0.2) is 0 Å². The first-order valence-corrected chi connectivity index (χ1v) is 7.06. The first kappa shape index (κ1) is 18.8. The third-order valence-corrected chi connectivity index (χ3v) is 2.81. The van der Waals surface area contributed by atoms with E-state index in [4.69, 9.17) is 4.74 Å². The van der Waals surface area contributed by atoms with Crippen LogP contribution in [0.1, 0.15) is 68.2 Å². The largest absolute Gasteiger partial charge is 0.465 e. The SMILES string of the molecule is CC.CC.CC(C)C1CC(=O)OCC(C)(C)C1. The fourth-order valence-electron chi connectivity index (χ4n) is 1.86. The van der Waals surface area contributed by atoms with Gasteiger partial charge in [-0.25, -0.2) is 0 Å². The van der Waals surface area contributed by atoms with Crippen molar-refractivity contribution in [3.8, 4) is 0 Å². The Balaban J connectivity index is 0. The van der Waals surface area contributed by atoms with Crippen LogP contribution in [0.15, 0.2) is 0 Å². The number of carbonyl (C=O) groups is 1. The van der Waals surface area contributed by atoms with Crippen molar-refractivity contribution < 1.29 is 9.53 Å². The number of hydrogen-bond acceptors (Lipinski definition) is 2. The van der Waals surface area contributed by atoms with E-state index in [9.17, 15) is 4.79 Å². The predicted octanol–water partition coefficient (Wildman–Crippen LogP) is 4.67. The van der Waals surface area contributed by atoms with E-state index in [1.807, 2.05) is 27.7 Å². The Morgan fingerprint density at radius 1 is 1.18 bits per heavy atom. The van der Waals surface area contributed by atoms with Gasteiger partial charge in [-0.2, -0.15) is 0 Å². The van der Waals surface area contributed by atoms with Gasteiger partial charge in [0.05, 0.1) is 6.61 Å². The number of cyclic esters (lactones) is 1. The van der Waals surface area contributed by atoms with Crippen LogP contribution in [-0.4, -0.2) is 12.6 Å². The molecule has 0 bridgehead atoms. The Kier molecular flexibility index (Phi) is 10.5. The van der Waals surface area contributed by atoms with Crippen LogP contribution in [0.25, 0.3) is 0 Å². The molecule has 1 unspecified atom stereocenters. The molecule has 1 aliphatic heterocycles. The molecule has 0 spiro atoms. The zero-order valence-corrected chi connectivity index (χ0v) is 13.1. The molecule has 104 valence electrons. The third kappa shape index (κ3) is 8.23. The summed E-state index contributed by atoms with van der Waals surface area (Å²) in [5.41, 5.74) is 0.154. The van der Waals surface area contributed by atoms with Gasteiger partial charge in [-0.05, 0) is 23.7 Å². The topological polar surface area (TPSA) is 26.3 Å². The van der Waals surface area contributed by atoms with Gasteiger partial charge in [0, 0.05) is 6.42 Å². The average molecular weight is 244 g/mol. The lowest BCUT2D eigenvalue weighted by molar-refractivity contribution is -0.145. The first-order chi connectivity index (χ1) is 7.91. The highest BCUT2D eigenvalue weighted by atomic mass is 16.5. The Labute approximate surface area is 108 Å². The lowest BCUT2D eigenvalue weighted by Crippen LogP contribution is -2.21. The van der Waals surface area contributed by atoms with Crippen molar-refractivity contribution >= 4 is 5.97 Å². The molecule has 1 heterocycles. The molecule has 0 radical (unpaired) electrons. The molecule has 1 aliphatic rings. The van der Waals surface area contributed by atoms with Crippen molar-refractivity contribution in [2.75, 3.05) is 6.61 Å². The molecule has 1 atom stereocenters.